The molecule has 1 amide bonds. The highest BCUT2D eigenvalue weighted by molar-refractivity contribution is 5.79. The first-order valence-electron chi connectivity index (χ1n) is 7.81. The van der Waals surface area contributed by atoms with Gasteiger partial charge in [-0.1, -0.05) is 0 Å². The number of aliphatic hydroxyl groups excluding tert-OH is 1. The van der Waals surface area contributed by atoms with Crippen LogP contribution in [0, 0.1) is 0 Å². The number of piperidine rings is 1. The number of β-amino-alcohol motifs (C(OH)–C–C–N with tert-alkyl or cyclic N) is 1. The molecule has 0 unspecified atom stereocenters. The van der Waals surface area contributed by atoms with Crippen molar-refractivity contribution >= 4 is 5.91 Å². The molecule has 1 aromatic heterocycles. The summed E-state index contributed by atoms with van der Waals surface area (Å²) >= 11 is 0. The van der Waals surface area contributed by atoms with Crippen molar-refractivity contribution in [1.82, 2.24) is 14.8 Å². The molecular weight excluding hydrogens is 266 g/mol. The van der Waals surface area contributed by atoms with Crippen molar-refractivity contribution in [1.29, 1.82) is 0 Å². The van der Waals surface area contributed by atoms with E-state index in [4.69, 9.17) is 0 Å². The number of nitrogens with zero attached hydrogens (tertiary/aromatic N) is 3. The highest BCUT2D eigenvalue weighted by Gasteiger charge is 2.33. The molecule has 2 fully saturated rings. The molecule has 21 heavy (non-hydrogen) atoms. The van der Waals surface area contributed by atoms with Gasteiger partial charge in [-0.15, -0.1) is 0 Å². The van der Waals surface area contributed by atoms with Gasteiger partial charge in [0.05, 0.1) is 12.6 Å². The normalized spacial score (nSPS) is 23.0. The summed E-state index contributed by atoms with van der Waals surface area (Å²) in [6.07, 6.45) is 7.31. The Morgan fingerprint density at radius 1 is 1.33 bits per heavy atom. The number of aliphatic hydroxyl groups is 1. The first kappa shape index (κ1) is 14.5. The Balaban J connectivity index is 1.59. The van der Waals surface area contributed by atoms with E-state index in [9.17, 15) is 9.90 Å². The summed E-state index contributed by atoms with van der Waals surface area (Å²) < 4.78 is 0. The number of carbonyl (C=O) groups is 1. The predicted molar refractivity (Wildman–Crippen MR) is 79.5 cm³/mol. The van der Waals surface area contributed by atoms with Gasteiger partial charge in [0.1, 0.15) is 0 Å². The Labute approximate surface area is 125 Å². The van der Waals surface area contributed by atoms with Gasteiger partial charge in [0.25, 0.3) is 0 Å². The molecule has 1 saturated carbocycles. The van der Waals surface area contributed by atoms with Gasteiger partial charge in [-0.2, -0.15) is 0 Å². The van der Waals surface area contributed by atoms with Crippen molar-refractivity contribution in [3.05, 3.63) is 30.1 Å². The third-order valence-corrected chi connectivity index (χ3v) is 4.25. The third-order valence-electron chi connectivity index (χ3n) is 4.25. The van der Waals surface area contributed by atoms with Crippen molar-refractivity contribution in [3.63, 3.8) is 0 Å². The summed E-state index contributed by atoms with van der Waals surface area (Å²) in [5, 5.41) is 9.71. The van der Waals surface area contributed by atoms with Gasteiger partial charge in [-0.3, -0.25) is 14.7 Å². The number of hydrogen-bond acceptors (Lipinski definition) is 4. The molecule has 3 rings (SSSR count). The number of hydrogen-bond donors (Lipinski definition) is 1. The van der Waals surface area contributed by atoms with Crippen LogP contribution in [0.5, 0.6) is 0 Å². The van der Waals surface area contributed by atoms with Crippen LogP contribution in [0.4, 0.5) is 0 Å². The van der Waals surface area contributed by atoms with Gasteiger partial charge in [-0.25, -0.2) is 0 Å². The topological polar surface area (TPSA) is 56.7 Å². The summed E-state index contributed by atoms with van der Waals surface area (Å²) in [4.78, 5) is 20.7. The minimum Gasteiger partial charge on any atom is -0.392 e. The molecule has 1 aliphatic carbocycles. The fourth-order valence-corrected chi connectivity index (χ4v) is 2.95. The lowest BCUT2D eigenvalue weighted by molar-refractivity contribution is -0.134. The van der Waals surface area contributed by atoms with Crippen LogP contribution < -0.4 is 0 Å². The molecule has 2 aliphatic rings. The number of pyridine rings is 1. The zero-order valence-electron chi connectivity index (χ0n) is 12.3. The van der Waals surface area contributed by atoms with Crippen LogP contribution in [0.3, 0.4) is 0 Å². The molecule has 2 heterocycles. The van der Waals surface area contributed by atoms with Crippen molar-refractivity contribution < 1.29 is 9.90 Å². The van der Waals surface area contributed by atoms with E-state index >= 15 is 0 Å². The third kappa shape index (κ3) is 4.02. The minimum atomic E-state index is -0.277. The summed E-state index contributed by atoms with van der Waals surface area (Å²) in [5.74, 6) is 0.184. The Hall–Kier alpha value is -1.46. The molecule has 0 spiro atoms. The number of aromatic nitrogens is 1. The first-order valence-corrected chi connectivity index (χ1v) is 7.81. The Bertz CT molecular complexity index is 476. The Kier molecular flexibility index (Phi) is 4.51. The number of amides is 1. The van der Waals surface area contributed by atoms with Gasteiger partial charge in [0.15, 0.2) is 0 Å². The van der Waals surface area contributed by atoms with Gasteiger partial charge in [0.2, 0.25) is 5.91 Å². The fraction of sp³-hybridized carbons (Fsp3) is 0.625. The van der Waals surface area contributed by atoms with Crippen LogP contribution in [-0.2, 0) is 11.3 Å². The average Bonchev–Trinajstić information content (AvgIpc) is 3.30. The molecule has 5 heteroatoms. The quantitative estimate of drug-likeness (QED) is 0.879. The van der Waals surface area contributed by atoms with E-state index in [0.717, 1.165) is 37.8 Å². The molecule has 1 aromatic rings. The van der Waals surface area contributed by atoms with E-state index in [1.165, 1.54) is 0 Å². The molecule has 0 radical (unpaired) electrons. The average molecular weight is 289 g/mol. The molecule has 1 saturated heterocycles. The lowest BCUT2D eigenvalue weighted by Crippen LogP contribution is -2.46. The maximum Gasteiger partial charge on any atom is 0.237 e. The molecule has 1 atom stereocenters. The van der Waals surface area contributed by atoms with Gasteiger partial charge < -0.3 is 10.0 Å². The second kappa shape index (κ2) is 6.54. The summed E-state index contributed by atoms with van der Waals surface area (Å²) in [7, 11) is 0. The molecule has 0 aromatic carbocycles. The minimum absolute atomic E-state index is 0.184. The summed E-state index contributed by atoms with van der Waals surface area (Å²) in [6.45, 7) is 2.64. The van der Waals surface area contributed by atoms with E-state index in [-0.39, 0.29) is 12.0 Å². The highest BCUT2D eigenvalue weighted by Crippen LogP contribution is 2.28. The lowest BCUT2D eigenvalue weighted by Gasteiger charge is -2.32. The largest absolute Gasteiger partial charge is 0.392 e. The van der Waals surface area contributed by atoms with E-state index in [1.54, 1.807) is 12.4 Å². The smallest absolute Gasteiger partial charge is 0.237 e. The van der Waals surface area contributed by atoms with E-state index in [1.807, 2.05) is 17.0 Å². The van der Waals surface area contributed by atoms with E-state index < -0.39 is 0 Å². The number of rotatable bonds is 5. The first-order chi connectivity index (χ1) is 10.2. The van der Waals surface area contributed by atoms with Crippen molar-refractivity contribution in [2.45, 2.75) is 44.4 Å². The van der Waals surface area contributed by atoms with E-state index in [2.05, 4.69) is 9.88 Å². The van der Waals surface area contributed by atoms with E-state index in [0.29, 0.717) is 25.7 Å². The predicted octanol–water partition coefficient (Wildman–Crippen LogP) is 1.03. The maximum atomic E-state index is 12.6. The second-order valence-electron chi connectivity index (χ2n) is 6.14. The molecular formula is C16H23N3O2. The number of likely N-dealkylation sites (tertiary alicyclic amines) is 1. The number of carbonyl (C=O) groups excluding carboxylic acids is 1. The molecule has 0 bridgehead atoms. The lowest BCUT2D eigenvalue weighted by atomic mass is 10.1. The standard InChI is InChI=1S/C16H23N3O2/c20-15-2-1-9-18(11-15)12-16(21)19(14-3-4-14)10-13-5-7-17-8-6-13/h5-8,14-15,20H,1-4,9-12H2/t15-/m0/s1. The molecule has 1 N–H and O–H groups in total. The molecule has 5 nitrogen and oxygen atoms in total. The zero-order valence-corrected chi connectivity index (χ0v) is 12.3. The van der Waals surface area contributed by atoms with Crippen LogP contribution in [-0.4, -0.2) is 57.6 Å². The van der Waals surface area contributed by atoms with Gasteiger partial charge in [-0.05, 0) is 49.9 Å². The maximum absolute atomic E-state index is 12.6. The highest BCUT2D eigenvalue weighted by atomic mass is 16.3. The molecule has 1 aliphatic heterocycles. The zero-order chi connectivity index (χ0) is 14.7. The van der Waals surface area contributed by atoms with Crippen LogP contribution in [0.1, 0.15) is 31.2 Å². The monoisotopic (exact) mass is 289 g/mol. The SMILES string of the molecule is O=C(CN1CCC[C@H](O)C1)N(Cc1ccncc1)C1CC1. The van der Waals surface area contributed by atoms with Crippen LogP contribution >= 0.6 is 0 Å². The fourth-order valence-electron chi connectivity index (χ4n) is 2.95. The second-order valence-corrected chi connectivity index (χ2v) is 6.14. The Morgan fingerprint density at radius 2 is 2.10 bits per heavy atom. The van der Waals surface area contributed by atoms with Crippen LogP contribution in [0.2, 0.25) is 0 Å². The van der Waals surface area contributed by atoms with Crippen molar-refractivity contribution in [2.75, 3.05) is 19.6 Å². The Morgan fingerprint density at radius 3 is 2.76 bits per heavy atom. The van der Waals surface area contributed by atoms with Crippen LogP contribution in [0.25, 0.3) is 0 Å². The summed E-state index contributed by atoms with van der Waals surface area (Å²) in [5.41, 5.74) is 1.13. The molecule has 114 valence electrons. The summed E-state index contributed by atoms with van der Waals surface area (Å²) in [6, 6.07) is 4.33. The van der Waals surface area contributed by atoms with Crippen LogP contribution in [0.15, 0.2) is 24.5 Å². The van der Waals surface area contributed by atoms with Gasteiger partial charge >= 0.3 is 0 Å². The van der Waals surface area contributed by atoms with Gasteiger partial charge in [0, 0.05) is 31.5 Å². The van der Waals surface area contributed by atoms with Crippen molar-refractivity contribution in [3.8, 4) is 0 Å². The van der Waals surface area contributed by atoms with Crippen molar-refractivity contribution in [2.24, 2.45) is 0 Å².